The predicted molar refractivity (Wildman–Crippen MR) is 236 cm³/mol. The van der Waals surface area contributed by atoms with Gasteiger partial charge in [-0.2, -0.15) is 0 Å². The Balaban J connectivity index is 0.0000140. The van der Waals surface area contributed by atoms with Crippen LogP contribution in [0.4, 0.5) is 11.4 Å². The van der Waals surface area contributed by atoms with E-state index >= 15 is 0 Å². The molecule has 0 heterocycles. The first-order chi connectivity index (χ1) is 25.7. The van der Waals surface area contributed by atoms with E-state index in [1.165, 1.54) is 169 Å². The van der Waals surface area contributed by atoms with E-state index in [4.69, 9.17) is 9.98 Å². The molecule has 0 spiro atoms. The van der Waals surface area contributed by atoms with Crippen molar-refractivity contribution < 1.29 is 20.4 Å². The smallest absolute Gasteiger partial charge is 0.252 e. The van der Waals surface area contributed by atoms with E-state index in [2.05, 4.69) is 89.2 Å². The van der Waals surface area contributed by atoms with Crippen molar-refractivity contribution in [3.05, 3.63) is 71.3 Å². The van der Waals surface area contributed by atoms with Crippen LogP contribution in [0.1, 0.15) is 218 Å². The quantitative estimate of drug-likeness (QED) is 0.0297. The second-order valence-corrected chi connectivity index (χ2v) is 15.5. The maximum Gasteiger partial charge on any atom is 2.00 e. The molecule has 53 heavy (non-hydrogen) atoms. The van der Waals surface area contributed by atoms with Gasteiger partial charge in [0.05, 0.1) is 22.8 Å². The number of para-hydroxylation sites is 1. The Bertz CT molecular complexity index is 1240. The minimum atomic E-state index is 0. The number of aryl methyl sites for hydroxylation is 3. The van der Waals surface area contributed by atoms with Gasteiger partial charge in [-0.25, -0.2) is 0 Å². The Hall–Kier alpha value is -1.82. The summed E-state index contributed by atoms with van der Waals surface area (Å²) < 4.78 is 0. The Morgan fingerprint density at radius 1 is 0.434 bits per heavy atom. The Morgan fingerprint density at radius 2 is 0.943 bits per heavy atom. The Labute approximate surface area is 343 Å². The molecule has 2 aromatic carbocycles. The van der Waals surface area contributed by atoms with Crippen molar-refractivity contribution in [3.63, 3.8) is 0 Å². The molecule has 0 N–H and O–H groups in total. The molecule has 3 heteroatoms. The van der Waals surface area contributed by atoms with Crippen molar-refractivity contribution in [2.24, 2.45) is 9.98 Å². The van der Waals surface area contributed by atoms with Crippen molar-refractivity contribution in [2.75, 3.05) is 0 Å². The molecule has 0 unspecified atom stereocenters. The standard InChI is InChI=1S/C50H82N2.Pd/c1-6-11-14-16-18-19-20-21-22-23-24-25-26-27-28-30-36-45-37-32-33-39-48(45)52-50(40-31-29-17-15-12-7-2)49(38-13-8-3)51-47-42-41-44(34-9-4)46(43-47)35-10-5;/h26-27,32-33,37,39,41-43H,6-25,28-31,34-36,38,40H2,1-5H3;/q;+2/b27-26+,51-49?,52-50?;. The summed E-state index contributed by atoms with van der Waals surface area (Å²) in [6.45, 7) is 11.5. The van der Waals surface area contributed by atoms with E-state index in [0.717, 1.165) is 56.3 Å². The molecule has 2 aromatic rings. The third kappa shape index (κ3) is 23.7. The largest absolute Gasteiger partial charge is 2.00 e. The van der Waals surface area contributed by atoms with Crippen LogP contribution in [-0.4, -0.2) is 11.4 Å². The third-order valence-electron chi connectivity index (χ3n) is 10.6. The average molecular weight is 818 g/mol. The summed E-state index contributed by atoms with van der Waals surface area (Å²) in [6.07, 6.45) is 41.8. The van der Waals surface area contributed by atoms with Crippen molar-refractivity contribution in [1.82, 2.24) is 0 Å². The molecule has 2 nitrogen and oxygen atoms in total. The molecule has 0 aliphatic heterocycles. The normalized spacial score (nSPS) is 12.2. The summed E-state index contributed by atoms with van der Waals surface area (Å²) in [5.41, 5.74) is 9.05. The molecule has 0 aromatic heterocycles. The first-order valence-corrected chi connectivity index (χ1v) is 22.7. The zero-order valence-electron chi connectivity index (χ0n) is 35.4. The SMILES string of the molecule is CCCCCCCCCCCCC/C=C/CCCc1ccccc1N=C(CCCCCCCC)C(CCCC)=Nc1ccc(CCC)c(CCC)c1.[Pd+2]. The van der Waals surface area contributed by atoms with Crippen LogP contribution in [-0.2, 0) is 39.7 Å². The van der Waals surface area contributed by atoms with Gasteiger partial charge >= 0.3 is 20.4 Å². The number of unbranched alkanes of at least 4 members (excludes halogenated alkanes) is 18. The molecular formula is C50H82N2Pd+2. The van der Waals surface area contributed by atoms with Crippen molar-refractivity contribution in [3.8, 4) is 0 Å². The second-order valence-electron chi connectivity index (χ2n) is 15.5. The molecule has 0 fully saturated rings. The van der Waals surface area contributed by atoms with Crippen LogP contribution in [0.25, 0.3) is 0 Å². The van der Waals surface area contributed by atoms with Crippen LogP contribution in [0.3, 0.4) is 0 Å². The summed E-state index contributed by atoms with van der Waals surface area (Å²) in [6, 6.07) is 15.9. The molecule has 2 rings (SSSR count). The van der Waals surface area contributed by atoms with Gasteiger partial charge in [-0.15, -0.1) is 0 Å². The van der Waals surface area contributed by atoms with E-state index in [-0.39, 0.29) is 20.4 Å². The van der Waals surface area contributed by atoms with Crippen LogP contribution in [0, 0.1) is 0 Å². The molecule has 300 valence electrons. The summed E-state index contributed by atoms with van der Waals surface area (Å²) in [4.78, 5) is 10.9. The summed E-state index contributed by atoms with van der Waals surface area (Å²) in [5, 5.41) is 0. The fourth-order valence-corrected chi connectivity index (χ4v) is 7.35. The van der Waals surface area contributed by atoms with Crippen molar-refractivity contribution in [1.29, 1.82) is 0 Å². The number of aliphatic imine (C=N–C) groups is 2. The van der Waals surface area contributed by atoms with Gasteiger partial charge in [0.2, 0.25) is 0 Å². The van der Waals surface area contributed by atoms with Gasteiger partial charge in [0.15, 0.2) is 0 Å². The summed E-state index contributed by atoms with van der Waals surface area (Å²) in [5.74, 6) is 0. The van der Waals surface area contributed by atoms with E-state index in [9.17, 15) is 0 Å². The first kappa shape index (κ1) is 49.2. The van der Waals surface area contributed by atoms with Crippen LogP contribution in [0.15, 0.2) is 64.6 Å². The summed E-state index contributed by atoms with van der Waals surface area (Å²) in [7, 11) is 0. The fourth-order valence-electron chi connectivity index (χ4n) is 7.35. The minimum absolute atomic E-state index is 0. The number of hydrogen-bond acceptors (Lipinski definition) is 2. The number of benzene rings is 2. The number of allylic oxidation sites excluding steroid dienone is 2. The van der Waals surface area contributed by atoms with Crippen LogP contribution in [0.2, 0.25) is 0 Å². The maximum absolute atomic E-state index is 5.51. The molecule has 0 atom stereocenters. The van der Waals surface area contributed by atoms with Gasteiger partial charge in [-0.05, 0) is 106 Å². The van der Waals surface area contributed by atoms with Gasteiger partial charge in [0.25, 0.3) is 0 Å². The Kier molecular flexibility index (Phi) is 32.2. The van der Waals surface area contributed by atoms with Crippen molar-refractivity contribution >= 4 is 22.8 Å². The van der Waals surface area contributed by atoms with Gasteiger partial charge in [-0.3, -0.25) is 9.98 Å². The van der Waals surface area contributed by atoms with Gasteiger partial charge < -0.3 is 0 Å². The zero-order valence-corrected chi connectivity index (χ0v) is 37.0. The first-order valence-electron chi connectivity index (χ1n) is 22.7. The van der Waals surface area contributed by atoms with Gasteiger partial charge in [0.1, 0.15) is 0 Å². The minimum Gasteiger partial charge on any atom is -0.252 e. The third-order valence-corrected chi connectivity index (χ3v) is 10.6. The van der Waals surface area contributed by atoms with Crippen LogP contribution in [0.5, 0.6) is 0 Å². The number of nitrogens with zero attached hydrogens (tertiary/aromatic N) is 2. The predicted octanol–water partition coefficient (Wildman–Crippen LogP) is 17.0. The van der Waals surface area contributed by atoms with Gasteiger partial charge in [0, 0.05) is 0 Å². The average Bonchev–Trinajstić information content (AvgIpc) is 3.15. The van der Waals surface area contributed by atoms with Gasteiger partial charge in [-0.1, -0.05) is 187 Å². The molecule has 0 aliphatic carbocycles. The summed E-state index contributed by atoms with van der Waals surface area (Å²) >= 11 is 0. The molecule has 0 saturated carbocycles. The van der Waals surface area contributed by atoms with Crippen LogP contribution < -0.4 is 0 Å². The number of hydrogen-bond donors (Lipinski definition) is 0. The van der Waals surface area contributed by atoms with E-state index in [1.54, 1.807) is 0 Å². The number of rotatable bonds is 33. The monoisotopic (exact) mass is 817 g/mol. The van der Waals surface area contributed by atoms with E-state index in [1.807, 2.05) is 0 Å². The molecule has 0 amide bonds. The topological polar surface area (TPSA) is 24.7 Å². The molecule has 0 bridgehead atoms. The zero-order chi connectivity index (χ0) is 37.3. The van der Waals surface area contributed by atoms with Crippen molar-refractivity contribution in [2.45, 2.75) is 221 Å². The maximum atomic E-state index is 5.51. The van der Waals surface area contributed by atoms with E-state index < -0.39 is 0 Å². The molecule has 0 radical (unpaired) electrons. The Morgan fingerprint density at radius 3 is 1.57 bits per heavy atom. The van der Waals surface area contributed by atoms with E-state index in [0.29, 0.717) is 0 Å². The molecular weight excluding hydrogens is 735 g/mol. The molecule has 0 saturated heterocycles. The second kappa shape index (κ2) is 34.7. The molecule has 0 aliphatic rings. The van der Waals surface area contributed by atoms with Crippen LogP contribution >= 0.6 is 0 Å². The fraction of sp³-hybridized carbons (Fsp3) is 0.680.